The highest BCUT2D eigenvalue weighted by atomic mass is 16.5. The maximum Gasteiger partial charge on any atom is 0.224 e. The van der Waals surface area contributed by atoms with Crippen LogP contribution in [0.25, 0.3) is 0 Å². The third-order valence-corrected chi connectivity index (χ3v) is 3.12. The number of methoxy groups -OCH3 is 2. The van der Waals surface area contributed by atoms with Crippen LogP contribution in [0.15, 0.2) is 30.6 Å². The molecule has 0 spiro atoms. The van der Waals surface area contributed by atoms with Crippen molar-refractivity contribution in [2.24, 2.45) is 0 Å². The van der Waals surface area contributed by atoms with Crippen molar-refractivity contribution in [2.45, 2.75) is 19.4 Å². The summed E-state index contributed by atoms with van der Waals surface area (Å²) in [4.78, 5) is 19.1. The zero-order valence-electron chi connectivity index (χ0n) is 12.3. The number of aromatic nitrogens is 2. The monoisotopic (exact) mass is 289 g/mol. The van der Waals surface area contributed by atoms with Crippen molar-refractivity contribution in [3.63, 3.8) is 0 Å². The van der Waals surface area contributed by atoms with E-state index in [-0.39, 0.29) is 18.4 Å². The lowest BCUT2D eigenvalue weighted by atomic mass is 10.1. The van der Waals surface area contributed by atoms with Gasteiger partial charge in [0.05, 0.1) is 26.7 Å². The fourth-order valence-corrected chi connectivity index (χ4v) is 2.05. The Morgan fingerprint density at radius 3 is 2.71 bits per heavy atom. The summed E-state index contributed by atoms with van der Waals surface area (Å²) in [6.07, 6.45) is 3.66. The summed E-state index contributed by atoms with van der Waals surface area (Å²) in [5, 5.41) is 2.89. The minimum absolute atomic E-state index is 0.0777. The number of hydrogen-bond acceptors (Lipinski definition) is 4. The van der Waals surface area contributed by atoms with Crippen LogP contribution in [0.3, 0.4) is 0 Å². The molecule has 1 amide bonds. The highest BCUT2D eigenvalue weighted by Crippen LogP contribution is 2.27. The van der Waals surface area contributed by atoms with Gasteiger partial charge in [-0.1, -0.05) is 6.07 Å². The molecule has 21 heavy (non-hydrogen) atoms. The quantitative estimate of drug-likeness (QED) is 0.851. The molecule has 112 valence electrons. The first-order valence-electron chi connectivity index (χ1n) is 6.63. The van der Waals surface area contributed by atoms with Crippen molar-refractivity contribution in [3.05, 3.63) is 42.0 Å². The number of carbonyl (C=O) groups excluding carboxylic acids is 1. The molecule has 2 aromatic rings. The summed E-state index contributed by atoms with van der Waals surface area (Å²) in [7, 11) is 3.15. The summed E-state index contributed by atoms with van der Waals surface area (Å²) in [5.41, 5.74) is 0.858. The van der Waals surface area contributed by atoms with E-state index in [0.717, 1.165) is 11.4 Å². The lowest BCUT2D eigenvalue weighted by Crippen LogP contribution is -2.28. The predicted molar refractivity (Wildman–Crippen MR) is 78.4 cm³/mol. The van der Waals surface area contributed by atoms with Gasteiger partial charge in [0.15, 0.2) is 11.5 Å². The number of amides is 1. The van der Waals surface area contributed by atoms with Gasteiger partial charge in [-0.3, -0.25) is 4.79 Å². The number of imidazole rings is 1. The molecule has 0 saturated carbocycles. The van der Waals surface area contributed by atoms with Gasteiger partial charge >= 0.3 is 0 Å². The number of nitrogens with one attached hydrogen (secondary N) is 2. The summed E-state index contributed by atoms with van der Waals surface area (Å²) < 4.78 is 10.4. The third kappa shape index (κ3) is 3.75. The van der Waals surface area contributed by atoms with E-state index in [9.17, 15) is 4.79 Å². The topological polar surface area (TPSA) is 76.2 Å². The first kappa shape index (κ1) is 14.9. The van der Waals surface area contributed by atoms with Crippen molar-refractivity contribution in [1.29, 1.82) is 0 Å². The largest absolute Gasteiger partial charge is 0.493 e. The smallest absolute Gasteiger partial charge is 0.224 e. The number of ether oxygens (including phenoxy) is 2. The molecule has 2 N–H and O–H groups in total. The number of H-pyrrole nitrogens is 1. The van der Waals surface area contributed by atoms with Crippen molar-refractivity contribution < 1.29 is 14.3 Å². The summed E-state index contributed by atoms with van der Waals surface area (Å²) in [5.74, 6) is 1.91. The van der Waals surface area contributed by atoms with E-state index in [1.807, 2.05) is 13.0 Å². The second kappa shape index (κ2) is 6.78. The highest BCUT2D eigenvalue weighted by Gasteiger charge is 2.13. The molecular formula is C15H19N3O3. The van der Waals surface area contributed by atoms with Crippen molar-refractivity contribution in [3.8, 4) is 11.5 Å². The van der Waals surface area contributed by atoms with Gasteiger partial charge in [0.1, 0.15) is 5.82 Å². The molecule has 0 bridgehead atoms. The molecule has 6 heteroatoms. The minimum atomic E-state index is -0.160. The Kier molecular flexibility index (Phi) is 4.81. The van der Waals surface area contributed by atoms with Crippen LogP contribution >= 0.6 is 0 Å². The van der Waals surface area contributed by atoms with Crippen molar-refractivity contribution >= 4 is 5.91 Å². The van der Waals surface area contributed by atoms with E-state index in [2.05, 4.69) is 15.3 Å². The Morgan fingerprint density at radius 1 is 1.33 bits per heavy atom. The molecule has 0 radical (unpaired) electrons. The van der Waals surface area contributed by atoms with Crippen LogP contribution < -0.4 is 14.8 Å². The molecule has 0 aliphatic carbocycles. The van der Waals surface area contributed by atoms with Gasteiger partial charge in [-0.15, -0.1) is 0 Å². The molecule has 1 aromatic carbocycles. The number of hydrogen-bond donors (Lipinski definition) is 2. The number of benzene rings is 1. The molecule has 1 aromatic heterocycles. The maximum atomic E-state index is 12.0. The van der Waals surface area contributed by atoms with Gasteiger partial charge in [-0.2, -0.15) is 0 Å². The van der Waals surface area contributed by atoms with Crippen LogP contribution in [0.1, 0.15) is 24.4 Å². The molecule has 6 nitrogen and oxygen atoms in total. The Balaban J connectivity index is 1.99. The first-order valence-corrected chi connectivity index (χ1v) is 6.63. The fraction of sp³-hybridized carbons (Fsp3) is 0.333. The Hall–Kier alpha value is -2.50. The molecule has 1 atom stereocenters. The van der Waals surface area contributed by atoms with E-state index >= 15 is 0 Å². The highest BCUT2D eigenvalue weighted by molar-refractivity contribution is 5.79. The van der Waals surface area contributed by atoms with Gasteiger partial charge in [0.25, 0.3) is 0 Å². The van der Waals surface area contributed by atoms with E-state index in [1.165, 1.54) is 0 Å². The van der Waals surface area contributed by atoms with E-state index in [1.54, 1.807) is 38.7 Å². The lowest BCUT2D eigenvalue weighted by Gasteiger charge is -2.12. The Morgan fingerprint density at radius 2 is 2.10 bits per heavy atom. The van der Waals surface area contributed by atoms with Crippen LogP contribution in [0.2, 0.25) is 0 Å². The molecule has 1 unspecified atom stereocenters. The number of aromatic amines is 1. The predicted octanol–water partition coefficient (Wildman–Crippen LogP) is 1.85. The van der Waals surface area contributed by atoms with E-state index in [0.29, 0.717) is 11.5 Å². The molecule has 0 saturated heterocycles. The Labute approximate surface area is 123 Å². The van der Waals surface area contributed by atoms with Crippen LogP contribution in [0.5, 0.6) is 11.5 Å². The summed E-state index contributed by atoms with van der Waals surface area (Å²) in [6, 6.07) is 5.28. The van der Waals surface area contributed by atoms with Crippen LogP contribution in [-0.2, 0) is 11.2 Å². The van der Waals surface area contributed by atoms with E-state index in [4.69, 9.17) is 9.47 Å². The van der Waals surface area contributed by atoms with Crippen LogP contribution in [0.4, 0.5) is 0 Å². The number of nitrogens with zero attached hydrogens (tertiary/aromatic N) is 1. The van der Waals surface area contributed by atoms with Gasteiger partial charge in [-0.25, -0.2) is 4.98 Å². The number of carbonyl (C=O) groups is 1. The molecule has 0 fully saturated rings. The zero-order valence-corrected chi connectivity index (χ0v) is 12.3. The number of rotatable bonds is 6. The summed E-state index contributed by atoms with van der Waals surface area (Å²) in [6.45, 7) is 1.88. The van der Waals surface area contributed by atoms with Gasteiger partial charge < -0.3 is 19.8 Å². The molecular weight excluding hydrogens is 270 g/mol. The second-order valence-corrected chi connectivity index (χ2v) is 4.63. The lowest BCUT2D eigenvalue weighted by molar-refractivity contribution is -0.121. The molecule has 0 aliphatic rings. The third-order valence-electron chi connectivity index (χ3n) is 3.12. The van der Waals surface area contributed by atoms with Crippen molar-refractivity contribution in [2.75, 3.05) is 14.2 Å². The normalized spacial score (nSPS) is 11.8. The average Bonchev–Trinajstić information content (AvgIpc) is 3.01. The standard InChI is InChI=1S/C15H19N3O3/c1-10(15-16-6-7-17-15)18-14(19)9-11-4-5-12(20-2)13(8-11)21-3/h4-8,10H,9H2,1-3H3,(H,16,17)(H,18,19). The van der Waals surface area contributed by atoms with Crippen LogP contribution in [-0.4, -0.2) is 30.1 Å². The maximum absolute atomic E-state index is 12.0. The fourth-order valence-electron chi connectivity index (χ4n) is 2.05. The van der Waals surface area contributed by atoms with Crippen LogP contribution in [0, 0.1) is 0 Å². The molecule has 0 aliphatic heterocycles. The first-order chi connectivity index (χ1) is 10.1. The van der Waals surface area contributed by atoms with E-state index < -0.39 is 0 Å². The van der Waals surface area contributed by atoms with Gasteiger partial charge in [0.2, 0.25) is 5.91 Å². The SMILES string of the molecule is COc1ccc(CC(=O)NC(C)c2ncc[nH]2)cc1OC. The molecule has 2 rings (SSSR count). The minimum Gasteiger partial charge on any atom is -0.493 e. The summed E-state index contributed by atoms with van der Waals surface area (Å²) >= 11 is 0. The van der Waals surface area contributed by atoms with Gasteiger partial charge in [0, 0.05) is 12.4 Å². The Bertz CT molecular complexity index is 596. The van der Waals surface area contributed by atoms with Crippen molar-refractivity contribution in [1.82, 2.24) is 15.3 Å². The zero-order chi connectivity index (χ0) is 15.2. The van der Waals surface area contributed by atoms with Gasteiger partial charge in [-0.05, 0) is 24.6 Å². The molecule has 1 heterocycles. The second-order valence-electron chi connectivity index (χ2n) is 4.63. The average molecular weight is 289 g/mol.